The van der Waals surface area contributed by atoms with Gasteiger partial charge in [-0.25, -0.2) is 0 Å². The fraction of sp³-hybridized carbons (Fsp3) is 0.625. The lowest BCUT2D eigenvalue weighted by atomic mass is 9.81. The first-order chi connectivity index (χ1) is 8.33. The van der Waals surface area contributed by atoms with E-state index in [2.05, 4.69) is 58.1 Å². The number of benzene rings is 1. The average molecular weight is 248 g/mol. The molecule has 1 rings (SSSR count). The Morgan fingerprint density at radius 3 is 2.50 bits per heavy atom. The smallest absolute Gasteiger partial charge is 0.00432 e. The minimum atomic E-state index is 0.162. The molecule has 0 heterocycles. The molecule has 0 bridgehead atoms. The normalized spacial score (nSPS) is 13.7. The van der Waals surface area contributed by atoms with Gasteiger partial charge in [0, 0.05) is 18.0 Å². The molecule has 0 aromatic heterocycles. The van der Waals surface area contributed by atoms with Crippen LogP contribution in [0.4, 0.5) is 0 Å². The molecule has 102 valence electrons. The molecule has 0 amide bonds. The number of aryl methyl sites for hydroxylation is 2. The fourth-order valence-corrected chi connectivity index (χ4v) is 2.40. The van der Waals surface area contributed by atoms with Gasteiger partial charge in [-0.05, 0) is 44.9 Å². The Morgan fingerprint density at radius 2 is 1.94 bits per heavy atom. The number of rotatable bonds is 6. The highest BCUT2D eigenvalue weighted by molar-refractivity contribution is 5.35. The lowest BCUT2D eigenvalue weighted by Crippen LogP contribution is -2.35. The van der Waals surface area contributed by atoms with Crippen LogP contribution in [0.1, 0.15) is 43.9 Å². The second kappa shape index (κ2) is 6.35. The standard InChI is InChI=1S/C16H28N2/c1-12-6-7-15(13(2)10-12)16(4,5)11-18-9-8-14(3)17/h6-7,10,14,18H,8-9,11,17H2,1-5H3. The van der Waals surface area contributed by atoms with Gasteiger partial charge in [0.25, 0.3) is 0 Å². The zero-order valence-electron chi connectivity index (χ0n) is 12.5. The van der Waals surface area contributed by atoms with Crippen molar-refractivity contribution >= 4 is 0 Å². The highest BCUT2D eigenvalue weighted by Gasteiger charge is 2.21. The van der Waals surface area contributed by atoms with Gasteiger partial charge >= 0.3 is 0 Å². The van der Waals surface area contributed by atoms with Crippen molar-refractivity contribution in [3.63, 3.8) is 0 Å². The summed E-state index contributed by atoms with van der Waals surface area (Å²) in [7, 11) is 0. The first-order valence-corrected chi connectivity index (χ1v) is 6.87. The van der Waals surface area contributed by atoms with Gasteiger partial charge < -0.3 is 11.1 Å². The van der Waals surface area contributed by atoms with E-state index in [4.69, 9.17) is 5.73 Å². The van der Waals surface area contributed by atoms with Gasteiger partial charge in [0.2, 0.25) is 0 Å². The van der Waals surface area contributed by atoms with Crippen molar-refractivity contribution in [1.29, 1.82) is 0 Å². The molecule has 3 N–H and O–H groups in total. The molecule has 1 unspecified atom stereocenters. The van der Waals surface area contributed by atoms with Crippen LogP contribution < -0.4 is 11.1 Å². The third kappa shape index (κ3) is 4.43. The van der Waals surface area contributed by atoms with Crippen LogP contribution in [0.25, 0.3) is 0 Å². The van der Waals surface area contributed by atoms with E-state index in [9.17, 15) is 0 Å². The Kier molecular flexibility index (Phi) is 5.36. The van der Waals surface area contributed by atoms with E-state index < -0.39 is 0 Å². The molecule has 1 aromatic rings. The summed E-state index contributed by atoms with van der Waals surface area (Å²) in [4.78, 5) is 0. The summed E-state index contributed by atoms with van der Waals surface area (Å²) in [5.74, 6) is 0. The summed E-state index contributed by atoms with van der Waals surface area (Å²) < 4.78 is 0. The van der Waals surface area contributed by atoms with Gasteiger partial charge in [-0.1, -0.05) is 37.6 Å². The molecule has 0 saturated heterocycles. The number of nitrogens with two attached hydrogens (primary N) is 1. The molecular formula is C16H28N2. The summed E-state index contributed by atoms with van der Waals surface area (Å²) in [6.45, 7) is 13.0. The molecule has 0 saturated carbocycles. The van der Waals surface area contributed by atoms with Crippen molar-refractivity contribution in [3.05, 3.63) is 34.9 Å². The van der Waals surface area contributed by atoms with E-state index in [1.165, 1.54) is 16.7 Å². The van der Waals surface area contributed by atoms with Gasteiger partial charge in [-0.2, -0.15) is 0 Å². The molecule has 0 aliphatic rings. The Bertz CT molecular complexity index is 381. The largest absolute Gasteiger partial charge is 0.328 e. The molecule has 18 heavy (non-hydrogen) atoms. The lowest BCUT2D eigenvalue weighted by Gasteiger charge is -2.28. The maximum absolute atomic E-state index is 5.75. The lowest BCUT2D eigenvalue weighted by molar-refractivity contribution is 0.456. The maximum Gasteiger partial charge on any atom is 0.00432 e. The summed E-state index contributed by atoms with van der Waals surface area (Å²) in [6, 6.07) is 7.00. The van der Waals surface area contributed by atoms with E-state index in [1.807, 2.05) is 0 Å². The average Bonchev–Trinajstić information content (AvgIpc) is 2.23. The van der Waals surface area contributed by atoms with Crippen molar-refractivity contribution in [2.45, 2.75) is 52.5 Å². The summed E-state index contributed by atoms with van der Waals surface area (Å²) in [5, 5.41) is 3.52. The molecule has 1 atom stereocenters. The van der Waals surface area contributed by atoms with E-state index in [0.29, 0.717) is 0 Å². The molecule has 0 fully saturated rings. The van der Waals surface area contributed by atoms with Crippen LogP contribution in [-0.4, -0.2) is 19.1 Å². The highest BCUT2D eigenvalue weighted by atomic mass is 14.9. The van der Waals surface area contributed by atoms with Gasteiger partial charge in [-0.3, -0.25) is 0 Å². The Morgan fingerprint density at radius 1 is 1.28 bits per heavy atom. The van der Waals surface area contributed by atoms with Crippen LogP contribution in [0.2, 0.25) is 0 Å². The minimum Gasteiger partial charge on any atom is -0.328 e. The molecular weight excluding hydrogens is 220 g/mol. The van der Waals surface area contributed by atoms with Crippen LogP contribution >= 0.6 is 0 Å². The van der Waals surface area contributed by atoms with Crippen molar-refractivity contribution in [1.82, 2.24) is 5.32 Å². The number of hydrogen-bond acceptors (Lipinski definition) is 2. The van der Waals surface area contributed by atoms with E-state index in [1.54, 1.807) is 0 Å². The Hall–Kier alpha value is -0.860. The maximum atomic E-state index is 5.75. The van der Waals surface area contributed by atoms with E-state index >= 15 is 0 Å². The molecule has 0 aliphatic heterocycles. The third-order valence-electron chi connectivity index (χ3n) is 3.45. The molecule has 0 aliphatic carbocycles. The van der Waals surface area contributed by atoms with Gasteiger partial charge in [0.05, 0.1) is 0 Å². The number of hydrogen-bond donors (Lipinski definition) is 2. The van der Waals surface area contributed by atoms with Crippen molar-refractivity contribution in [2.75, 3.05) is 13.1 Å². The third-order valence-corrected chi connectivity index (χ3v) is 3.45. The zero-order valence-corrected chi connectivity index (χ0v) is 12.5. The Balaban J connectivity index is 2.62. The quantitative estimate of drug-likeness (QED) is 0.760. The van der Waals surface area contributed by atoms with Crippen LogP contribution in [0.5, 0.6) is 0 Å². The zero-order chi connectivity index (χ0) is 13.8. The molecule has 0 radical (unpaired) electrons. The monoisotopic (exact) mass is 248 g/mol. The van der Waals surface area contributed by atoms with Crippen molar-refractivity contribution in [2.24, 2.45) is 5.73 Å². The van der Waals surface area contributed by atoms with E-state index in [0.717, 1.165) is 19.5 Å². The summed E-state index contributed by atoms with van der Waals surface area (Å²) in [6.07, 6.45) is 1.03. The molecule has 2 nitrogen and oxygen atoms in total. The van der Waals surface area contributed by atoms with Crippen LogP contribution in [0.3, 0.4) is 0 Å². The fourth-order valence-electron chi connectivity index (χ4n) is 2.40. The van der Waals surface area contributed by atoms with Gasteiger partial charge in [0.15, 0.2) is 0 Å². The predicted octanol–water partition coefficient (Wildman–Crippen LogP) is 2.91. The molecule has 1 aromatic carbocycles. The molecule has 2 heteroatoms. The van der Waals surface area contributed by atoms with E-state index in [-0.39, 0.29) is 11.5 Å². The summed E-state index contributed by atoms with van der Waals surface area (Å²) >= 11 is 0. The highest BCUT2D eigenvalue weighted by Crippen LogP contribution is 2.26. The van der Waals surface area contributed by atoms with Crippen LogP contribution in [-0.2, 0) is 5.41 Å². The first-order valence-electron chi connectivity index (χ1n) is 6.87. The van der Waals surface area contributed by atoms with Crippen LogP contribution in [0.15, 0.2) is 18.2 Å². The molecule has 0 spiro atoms. The Labute approximate surface area is 112 Å². The topological polar surface area (TPSA) is 38.0 Å². The first kappa shape index (κ1) is 15.2. The predicted molar refractivity (Wildman–Crippen MR) is 80.1 cm³/mol. The van der Waals surface area contributed by atoms with Crippen molar-refractivity contribution in [3.8, 4) is 0 Å². The van der Waals surface area contributed by atoms with Crippen LogP contribution in [0, 0.1) is 13.8 Å². The van der Waals surface area contributed by atoms with Gasteiger partial charge in [-0.15, -0.1) is 0 Å². The second-order valence-corrected chi connectivity index (χ2v) is 6.14. The summed E-state index contributed by atoms with van der Waals surface area (Å²) in [5.41, 5.74) is 10.1. The van der Waals surface area contributed by atoms with Gasteiger partial charge in [0.1, 0.15) is 0 Å². The number of nitrogens with one attached hydrogen (secondary N) is 1. The SMILES string of the molecule is Cc1ccc(C(C)(C)CNCCC(C)N)c(C)c1. The second-order valence-electron chi connectivity index (χ2n) is 6.14. The minimum absolute atomic E-state index is 0.162. The van der Waals surface area contributed by atoms with Crippen molar-refractivity contribution < 1.29 is 0 Å².